The van der Waals surface area contributed by atoms with E-state index in [2.05, 4.69) is 12.6 Å². The summed E-state index contributed by atoms with van der Waals surface area (Å²) in [6, 6.07) is 7.65. The number of methoxy groups -OCH3 is 1. The van der Waals surface area contributed by atoms with Crippen LogP contribution < -0.4 is 9.47 Å². The van der Waals surface area contributed by atoms with Crippen molar-refractivity contribution < 1.29 is 9.47 Å². The minimum Gasteiger partial charge on any atom is -0.497 e. The molecule has 0 heterocycles. The van der Waals surface area contributed by atoms with Crippen LogP contribution in [-0.4, -0.2) is 19.5 Å². The van der Waals surface area contributed by atoms with Crippen molar-refractivity contribution in [2.45, 2.75) is 12.8 Å². The average Bonchev–Trinajstić information content (AvgIpc) is 2.25. The molecule has 0 fully saturated rings. The average molecular weight is 212 g/mol. The second kappa shape index (κ2) is 6.60. The molecule has 0 saturated heterocycles. The zero-order valence-electron chi connectivity index (χ0n) is 8.40. The maximum Gasteiger partial charge on any atom is 0.122 e. The molecule has 2 nitrogen and oxygen atoms in total. The van der Waals surface area contributed by atoms with Gasteiger partial charge in [0.25, 0.3) is 0 Å². The lowest BCUT2D eigenvalue weighted by molar-refractivity contribution is 0.307. The normalized spacial score (nSPS) is 9.86. The van der Waals surface area contributed by atoms with Crippen molar-refractivity contribution in [1.29, 1.82) is 0 Å². The first-order valence-electron chi connectivity index (χ1n) is 4.74. The van der Waals surface area contributed by atoms with Crippen LogP contribution in [0, 0.1) is 0 Å². The molecule has 3 heteroatoms. The Labute approximate surface area is 90.6 Å². The third kappa shape index (κ3) is 3.92. The molecule has 1 rings (SSSR count). The zero-order valence-corrected chi connectivity index (χ0v) is 9.30. The molecule has 0 bridgehead atoms. The van der Waals surface area contributed by atoms with Crippen LogP contribution in [0.2, 0.25) is 0 Å². The third-order valence-corrected chi connectivity index (χ3v) is 2.18. The number of thiol groups is 1. The Balaban J connectivity index is 2.34. The van der Waals surface area contributed by atoms with Crippen molar-refractivity contribution in [1.82, 2.24) is 0 Å². The van der Waals surface area contributed by atoms with Crippen LogP contribution in [0.25, 0.3) is 0 Å². The summed E-state index contributed by atoms with van der Waals surface area (Å²) in [5.41, 5.74) is 0. The van der Waals surface area contributed by atoms with E-state index in [1.807, 2.05) is 24.3 Å². The molecular formula is C11H16O2S. The van der Waals surface area contributed by atoms with E-state index in [0.717, 1.165) is 36.7 Å². The smallest absolute Gasteiger partial charge is 0.122 e. The van der Waals surface area contributed by atoms with E-state index < -0.39 is 0 Å². The Morgan fingerprint density at radius 1 is 1.21 bits per heavy atom. The SMILES string of the molecule is COc1cccc(OCCCCS)c1. The monoisotopic (exact) mass is 212 g/mol. The molecule has 0 N–H and O–H groups in total. The van der Waals surface area contributed by atoms with Gasteiger partial charge in [-0.15, -0.1) is 0 Å². The molecule has 0 aliphatic carbocycles. The van der Waals surface area contributed by atoms with Gasteiger partial charge in [0.2, 0.25) is 0 Å². The minimum absolute atomic E-state index is 0.744. The Morgan fingerprint density at radius 2 is 2.00 bits per heavy atom. The van der Waals surface area contributed by atoms with E-state index in [1.54, 1.807) is 7.11 Å². The van der Waals surface area contributed by atoms with Gasteiger partial charge in [-0.05, 0) is 30.7 Å². The molecule has 0 amide bonds. The van der Waals surface area contributed by atoms with Crippen LogP contribution in [0.1, 0.15) is 12.8 Å². The Morgan fingerprint density at radius 3 is 2.71 bits per heavy atom. The molecule has 0 saturated carbocycles. The van der Waals surface area contributed by atoms with Gasteiger partial charge in [0.05, 0.1) is 13.7 Å². The number of hydrogen-bond acceptors (Lipinski definition) is 3. The number of benzene rings is 1. The second-order valence-electron chi connectivity index (χ2n) is 2.96. The van der Waals surface area contributed by atoms with Crippen molar-refractivity contribution in [3.8, 4) is 11.5 Å². The molecule has 1 aromatic carbocycles. The summed E-state index contributed by atoms with van der Waals surface area (Å²) in [5.74, 6) is 2.61. The molecule has 0 aliphatic rings. The highest BCUT2D eigenvalue weighted by Gasteiger charge is 1.95. The van der Waals surface area contributed by atoms with Gasteiger partial charge in [0, 0.05) is 6.07 Å². The molecule has 0 radical (unpaired) electrons. The van der Waals surface area contributed by atoms with Crippen LogP contribution in [-0.2, 0) is 0 Å². The van der Waals surface area contributed by atoms with Gasteiger partial charge in [-0.1, -0.05) is 6.07 Å². The molecule has 0 atom stereocenters. The predicted octanol–water partition coefficient (Wildman–Crippen LogP) is 2.78. The molecule has 1 aromatic rings. The van der Waals surface area contributed by atoms with Gasteiger partial charge in [-0.3, -0.25) is 0 Å². The Hall–Kier alpha value is -0.830. The molecule has 14 heavy (non-hydrogen) atoms. The summed E-state index contributed by atoms with van der Waals surface area (Å²) in [5, 5.41) is 0. The number of ether oxygens (including phenoxy) is 2. The molecule has 78 valence electrons. The zero-order chi connectivity index (χ0) is 10.2. The molecule has 0 unspecified atom stereocenters. The van der Waals surface area contributed by atoms with Gasteiger partial charge in [0.1, 0.15) is 11.5 Å². The van der Waals surface area contributed by atoms with Crippen LogP contribution in [0.15, 0.2) is 24.3 Å². The Kier molecular flexibility index (Phi) is 5.30. The minimum atomic E-state index is 0.744. The van der Waals surface area contributed by atoms with Crippen molar-refractivity contribution in [3.05, 3.63) is 24.3 Å². The summed E-state index contributed by atoms with van der Waals surface area (Å²) in [6.45, 7) is 0.744. The van der Waals surface area contributed by atoms with E-state index in [0.29, 0.717) is 0 Å². The first-order valence-corrected chi connectivity index (χ1v) is 5.38. The van der Waals surface area contributed by atoms with Crippen molar-refractivity contribution in [2.75, 3.05) is 19.5 Å². The second-order valence-corrected chi connectivity index (χ2v) is 3.41. The van der Waals surface area contributed by atoms with E-state index in [-0.39, 0.29) is 0 Å². The van der Waals surface area contributed by atoms with Crippen molar-refractivity contribution in [3.63, 3.8) is 0 Å². The number of hydrogen-bond donors (Lipinski definition) is 1. The maximum absolute atomic E-state index is 5.54. The quantitative estimate of drug-likeness (QED) is 0.577. The van der Waals surface area contributed by atoms with E-state index in [4.69, 9.17) is 9.47 Å². The number of unbranched alkanes of at least 4 members (excludes halogenated alkanes) is 1. The molecule has 0 spiro atoms. The van der Waals surface area contributed by atoms with E-state index >= 15 is 0 Å². The standard InChI is InChI=1S/C11H16O2S/c1-12-10-5-4-6-11(9-10)13-7-2-3-8-14/h4-6,9,14H,2-3,7-8H2,1H3. The molecular weight excluding hydrogens is 196 g/mol. The van der Waals surface area contributed by atoms with Crippen LogP contribution in [0.3, 0.4) is 0 Å². The first-order chi connectivity index (χ1) is 6.86. The maximum atomic E-state index is 5.54. The fraction of sp³-hybridized carbons (Fsp3) is 0.455. The number of rotatable bonds is 6. The fourth-order valence-corrected chi connectivity index (χ4v) is 1.32. The predicted molar refractivity (Wildman–Crippen MR) is 61.6 cm³/mol. The summed E-state index contributed by atoms with van der Waals surface area (Å²) in [7, 11) is 1.65. The fourth-order valence-electron chi connectivity index (χ4n) is 1.09. The topological polar surface area (TPSA) is 18.5 Å². The van der Waals surface area contributed by atoms with Gasteiger partial charge < -0.3 is 9.47 Å². The van der Waals surface area contributed by atoms with Crippen molar-refractivity contribution in [2.24, 2.45) is 0 Å². The van der Waals surface area contributed by atoms with Gasteiger partial charge in [0.15, 0.2) is 0 Å². The largest absolute Gasteiger partial charge is 0.497 e. The van der Waals surface area contributed by atoms with E-state index in [9.17, 15) is 0 Å². The summed E-state index contributed by atoms with van der Waals surface area (Å²) in [6.07, 6.45) is 2.13. The van der Waals surface area contributed by atoms with Gasteiger partial charge in [-0.2, -0.15) is 12.6 Å². The third-order valence-electron chi connectivity index (χ3n) is 1.86. The molecule has 0 aromatic heterocycles. The van der Waals surface area contributed by atoms with Crippen LogP contribution in [0.4, 0.5) is 0 Å². The summed E-state index contributed by atoms with van der Waals surface area (Å²) in [4.78, 5) is 0. The highest BCUT2D eigenvalue weighted by Crippen LogP contribution is 2.18. The lowest BCUT2D eigenvalue weighted by Crippen LogP contribution is -1.97. The van der Waals surface area contributed by atoms with E-state index in [1.165, 1.54) is 0 Å². The van der Waals surface area contributed by atoms with Crippen LogP contribution >= 0.6 is 12.6 Å². The molecule has 0 aliphatic heterocycles. The van der Waals surface area contributed by atoms with Crippen LogP contribution in [0.5, 0.6) is 11.5 Å². The highest BCUT2D eigenvalue weighted by atomic mass is 32.1. The summed E-state index contributed by atoms with van der Waals surface area (Å²) >= 11 is 4.14. The van der Waals surface area contributed by atoms with Gasteiger partial charge >= 0.3 is 0 Å². The van der Waals surface area contributed by atoms with Gasteiger partial charge in [-0.25, -0.2) is 0 Å². The first kappa shape index (κ1) is 11.2. The Bertz CT molecular complexity index is 263. The highest BCUT2D eigenvalue weighted by molar-refractivity contribution is 7.80. The van der Waals surface area contributed by atoms with Crippen molar-refractivity contribution >= 4 is 12.6 Å². The summed E-state index contributed by atoms with van der Waals surface area (Å²) < 4.78 is 10.6. The lowest BCUT2D eigenvalue weighted by Gasteiger charge is -2.06. The lowest BCUT2D eigenvalue weighted by atomic mass is 10.3.